The Kier molecular flexibility index (Phi) is 8.76. The van der Waals surface area contributed by atoms with Gasteiger partial charge in [-0.15, -0.1) is 0 Å². The highest BCUT2D eigenvalue weighted by molar-refractivity contribution is 6.05. The summed E-state index contributed by atoms with van der Waals surface area (Å²) < 4.78 is 5.36. The number of aromatic nitrogens is 1. The number of anilines is 2. The molecule has 2 aromatic carbocycles. The summed E-state index contributed by atoms with van der Waals surface area (Å²) in [7, 11) is 1.53. The summed E-state index contributed by atoms with van der Waals surface area (Å²) in [5, 5.41) is 5.71. The number of rotatable bonds is 10. The fourth-order valence-corrected chi connectivity index (χ4v) is 4.92. The van der Waals surface area contributed by atoms with E-state index in [1.165, 1.54) is 13.2 Å². The number of hydrogen-bond acceptors (Lipinski definition) is 5. The van der Waals surface area contributed by atoms with Crippen molar-refractivity contribution in [3.8, 4) is 16.9 Å². The second-order valence-electron chi connectivity index (χ2n) is 10.3. The Balaban J connectivity index is 1.83. The Labute approximate surface area is 239 Å². The Hall–Kier alpha value is -4.66. The van der Waals surface area contributed by atoms with Crippen LogP contribution in [0.4, 0.5) is 11.4 Å². The minimum absolute atomic E-state index is 0.0186. The maximum atomic E-state index is 13.7. The lowest BCUT2D eigenvalue weighted by molar-refractivity contribution is -0.119. The van der Waals surface area contributed by atoms with Crippen LogP contribution in [-0.4, -0.2) is 36.4 Å². The van der Waals surface area contributed by atoms with Crippen molar-refractivity contribution in [3.63, 3.8) is 0 Å². The highest BCUT2D eigenvalue weighted by Crippen LogP contribution is 2.39. The molecule has 0 aliphatic heterocycles. The van der Waals surface area contributed by atoms with Crippen molar-refractivity contribution in [2.45, 2.75) is 47.1 Å². The van der Waals surface area contributed by atoms with E-state index in [0.29, 0.717) is 51.5 Å². The first-order valence-electron chi connectivity index (χ1n) is 13.6. The number of ether oxygens (including phenoxy) is 1. The van der Waals surface area contributed by atoms with Gasteiger partial charge in [-0.2, -0.15) is 0 Å². The molecule has 1 aromatic heterocycles. The summed E-state index contributed by atoms with van der Waals surface area (Å²) in [6, 6.07) is 10.7. The zero-order chi connectivity index (χ0) is 29.8. The van der Waals surface area contributed by atoms with E-state index in [4.69, 9.17) is 4.74 Å². The maximum absolute atomic E-state index is 13.7. The highest BCUT2D eigenvalue weighted by Gasteiger charge is 2.34. The average Bonchev–Trinajstić information content (AvgIpc) is 3.79. The summed E-state index contributed by atoms with van der Waals surface area (Å²) in [6.45, 7) is 11.4. The van der Waals surface area contributed by atoms with Gasteiger partial charge in [-0.25, -0.2) is 0 Å². The third-order valence-electron chi connectivity index (χ3n) is 7.33. The van der Waals surface area contributed by atoms with Gasteiger partial charge in [0.15, 0.2) is 0 Å². The van der Waals surface area contributed by atoms with E-state index in [0.717, 1.165) is 24.1 Å². The first-order chi connectivity index (χ1) is 19.6. The molecule has 3 amide bonds. The SMILES string of the molecule is C=CC(=O)Nc1cc(OC)ccc1-c1cc(C(=O)NCc2c(C)cc(C)[nH]c2=O)c(C)c(N(CC)C(=O)C2CC2)c1. The van der Waals surface area contributed by atoms with Crippen molar-refractivity contribution in [2.75, 3.05) is 23.9 Å². The Bertz CT molecular complexity index is 1590. The summed E-state index contributed by atoms with van der Waals surface area (Å²) in [5.74, 6) is -0.241. The minimum atomic E-state index is -0.400. The standard InChI is InChI=1S/C32H36N4O5/c1-7-29(37)35-27-16-23(41-6)11-12-24(27)22-14-25(20(5)28(15-22)36(8-2)32(40)21-9-10-21)30(38)33-17-26-18(3)13-19(4)34-31(26)39/h7,11-16,21H,1,8-10,17H2,2-6H3,(H,33,38)(H,34,39)(H,35,37). The molecule has 1 saturated carbocycles. The summed E-state index contributed by atoms with van der Waals surface area (Å²) in [5.41, 5.74) is 5.10. The second-order valence-corrected chi connectivity index (χ2v) is 10.3. The van der Waals surface area contributed by atoms with Crippen LogP contribution in [0.3, 0.4) is 0 Å². The van der Waals surface area contributed by atoms with E-state index in [1.54, 1.807) is 36.1 Å². The lowest BCUT2D eigenvalue weighted by Gasteiger charge is -2.26. The summed E-state index contributed by atoms with van der Waals surface area (Å²) in [4.78, 5) is 56.2. The van der Waals surface area contributed by atoms with Crippen LogP contribution in [0, 0.1) is 26.7 Å². The topological polar surface area (TPSA) is 121 Å². The number of aryl methyl sites for hydroxylation is 2. The van der Waals surface area contributed by atoms with E-state index < -0.39 is 5.91 Å². The van der Waals surface area contributed by atoms with Gasteiger partial charge in [0.1, 0.15) is 5.75 Å². The lowest BCUT2D eigenvalue weighted by Crippen LogP contribution is -2.33. The summed E-state index contributed by atoms with van der Waals surface area (Å²) >= 11 is 0. The quantitative estimate of drug-likeness (QED) is 0.310. The lowest BCUT2D eigenvalue weighted by atomic mass is 9.95. The molecule has 0 spiro atoms. The smallest absolute Gasteiger partial charge is 0.253 e. The zero-order valence-corrected chi connectivity index (χ0v) is 24.1. The number of amides is 3. The molecule has 0 radical (unpaired) electrons. The third-order valence-corrected chi connectivity index (χ3v) is 7.33. The Morgan fingerprint density at radius 2 is 1.85 bits per heavy atom. The molecule has 1 aliphatic carbocycles. The average molecular weight is 557 g/mol. The predicted molar refractivity (Wildman–Crippen MR) is 160 cm³/mol. The second kappa shape index (κ2) is 12.2. The van der Waals surface area contributed by atoms with Gasteiger partial charge in [0.25, 0.3) is 11.5 Å². The fourth-order valence-electron chi connectivity index (χ4n) is 4.92. The molecular formula is C32H36N4O5. The van der Waals surface area contributed by atoms with Gasteiger partial charge in [-0.05, 0) is 93.6 Å². The van der Waals surface area contributed by atoms with Gasteiger partial charge < -0.3 is 25.3 Å². The van der Waals surface area contributed by atoms with Gasteiger partial charge in [-0.1, -0.05) is 6.58 Å². The van der Waals surface area contributed by atoms with Crippen LogP contribution in [0.2, 0.25) is 0 Å². The first kappa shape index (κ1) is 29.3. The number of pyridine rings is 1. The highest BCUT2D eigenvalue weighted by atomic mass is 16.5. The number of carbonyl (C=O) groups excluding carboxylic acids is 3. The maximum Gasteiger partial charge on any atom is 0.253 e. The van der Waals surface area contributed by atoms with Crippen LogP contribution in [-0.2, 0) is 16.1 Å². The molecule has 9 nitrogen and oxygen atoms in total. The largest absolute Gasteiger partial charge is 0.497 e. The van der Waals surface area contributed by atoms with E-state index >= 15 is 0 Å². The van der Waals surface area contributed by atoms with Gasteiger partial charge in [0, 0.05) is 53.1 Å². The molecule has 9 heteroatoms. The van der Waals surface area contributed by atoms with Gasteiger partial charge in [0.2, 0.25) is 11.8 Å². The number of benzene rings is 2. The molecule has 0 bridgehead atoms. The van der Waals surface area contributed by atoms with Crippen LogP contribution in [0.1, 0.15) is 52.5 Å². The van der Waals surface area contributed by atoms with Gasteiger partial charge in [-0.3, -0.25) is 19.2 Å². The number of hydrogen-bond donors (Lipinski definition) is 3. The number of H-pyrrole nitrogens is 1. The van der Waals surface area contributed by atoms with Crippen molar-refractivity contribution >= 4 is 29.1 Å². The zero-order valence-electron chi connectivity index (χ0n) is 24.1. The number of carbonyl (C=O) groups is 3. The minimum Gasteiger partial charge on any atom is -0.497 e. The Morgan fingerprint density at radius 3 is 2.46 bits per heavy atom. The number of nitrogens with zero attached hydrogens (tertiary/aromatic N) is 1. The molecule has 3 N–H and O–H groups in total. The number of methoxy groups -OCH3 is 1. The number of nitrogens with one attached hydrogen (secondary N) is 3. The van der Waals surface area contributed by atoms with Crippen LogP contribution in [0.5, 0.6) is 5.75 Å². The predicted octanol–water partition coefficient (Wildman–Crippen LogP) is 4.79. The van der Waals surface area contributed by atoms with E-state index in [1.807, 2.05) is 32.9 Å². The molecule has 214 valence electrons. The fraction of sp³-hybridized carbons (Fsp3) is 0.312. The van der Waals surface area contributed by atoms with Crippen LogP contribution < -0.4 is 25.8 Å². The van der Waals surface area contributed by atoms with Crippen LogP contribution >= 0.6 is 0 Å². The normalized spacial score (nSPS) is 12.4. The van der Waals surface area contributed by atoms with E-state index in [2.05, 4.69) is 22.2 Å². The van der Waals surface area contributed by atoms with Gasteiger partial charge >= 0.3 is 0 Å². The molecule has 1 heterocycles. The molecule has 41 heavy (non-hydrogen) atoms. The van der Waals surface area contributed by atoms with Crippen molar-refractivity contribution in [3.05, 3.63) is 87.4 Å². The van der Waals surface area contributed by atoms with Crippen molar-refractivity contribution in [1.82, 2.24) is 10.3 Å². The van der Waals surface area contributed by atoms with Crippen LogP contribution in [0.25, 0.3) is 11.1 Å². The molecule has 0 unspecified atom stereocenters. The van der Waals surface area contributed by atoms with Crippen molar-refractivity contribution < 1.29 is 19.1 Å². The molecule has 4 rings (SSSR count). The molecule has 1 aliphatic rings. The van der Waals surface area contributed by atoms with Crippen LogP contribution in [0.15, 0.2) is 53.8 Å². The van der Waals surface area contributed by atoms with E-state index in [9.17, 15) is 19.2 Å². The van der Waals surface area contributed by atoms with E-state index in [-0.39, 0.29) is 29.8 Å². The molecular weight excluding hydrogens is 520 g/mol. The molecule has 0 saturated heterocycles. The molecule has 3 aromatic rings. The molecule has 1 fully saturated rings. The summed E-state index contributed by atoms with van der Waals surface area (Å²) in [6.07, 6.45) is 2.87. The first-order valence-corrected chi connectivity index (χ1v) is 13.6. The number of aromatic amines is 1. The monoisotopic (exact) mass is 556 g/mol. The Morgan fingerprint density at radius 1 is 1.12 bits per heavy atom. The third kappa shape index (κ3) is 6.40. The van der Waals surface area contributed by atoms with Crippen molar-refractivity contribution in [1.29, 1.82) is 0 Å². The van der Waals surface area contributed by atoms with Gasteiger partial charge in [0.05, 0.1) is 12.8 Å². The molecule has 0 atom stereocenters. The van der Waals surface area contributed by atoms with Crippen molar-refractivity contribution in [2.24, 2.45) is 5.92 Å².